The fourth-order valence-electron chi connectivity index (χ4n) is 1.73. The maximum Gasteiger partial charge on any atom is 0.331 e. The molecule has 0 saturated heterocycles. The molecule has 0 atom stereocenters. The maximum atomic E-state index is 12.4. The number of aromatic hydroxyl groups is 1. The van der Waals surface area contributed by atoms with Gasteiger partial charge in [0.1, 0.15) is 5.56 Å². The molecule has 2 aromatic rings. The molecule has 2 rings (SSSR count). The van der Waals surface area contributed by atoms with E-state index in [-0.39, 0.29) is 5.56 Å². The quantitative estimate of drug-likeness (QED) is 0.877. The topological polar surface area (TPSA) is 75.1 Å². The summed E-state index contributed by atoms with van der Waals surface area (Å²) in [6.45, 7) is -0.985. The zero-order chi connectivity index (χ0) is 14.0. The predicted molar refractivity (Wildman–Crippen MR) is 64.4 cm³/mol. The molecule has 0 saturated carbocycles. The number of nitrogens with zero attached hydrogens (tertiary/aromatic N) is 1. The van der Waals surface area contributed by atoms with Crippen molar-refractivity contribution in [2.75, 3.05) is 0 Å². The third kappa shape index (κ3) is 2.54. The normalized spacial score (nSPS) is 10.9. The van der Waals surface area contributed by atoms with E-state index < -0.39 is 30.1 Å². The Labute approximate surface area is 105 Å². The second kappa shape index (κ2) is 5.05. The van der Waals surface area contributed by atoms with E-state index in [0.717, 1.165) is 0 Å². The lowest BCUT2D eigenvalue weighted by atomic mass is 10.1. The Morgan fingerprint density at radius 1 is 1.21 bits per heavy atom. The smallest absolute Gasteiger partial charge is 0.331 e. The average molecular weight is 268 g/mol. The molecule has 0 amide bonds. The van der Waals surface area contributed by atoms with E-state index in [2.05, 4.69) is 0 Å². The monoisotopic (exact) mass is 268 g/mol. The van der Waals surface area contributed by atoms with Gasteiger partial charge in [-0.25, -0.2) is 13.6 Å². The largest absolute Gasteiger partial charge is 0.494 e. The molecule has 1 heterocycles. The molecular weight excluding hydrogens is 258 g/mol. The number of aromatic nitrogens is 2. The molecule has 0 bridgehead atoms. The highest BCUT2D eigenvalue weighted by Gasteiger charge is 2.17. The molecule has 0 unspecified atom stereocenters. The van der Waals surface area contributed by atoms with Crippen molar-refractivity contribution in [3.63, 3.8) is 0 Å². The summed E-state index contributed by atoms with van der Waals surface area (Å²) in [6.07, 6.45) is -2.82. The van der Waals surface area contributed by atoms with Gasteiger partial charge in [0, 0.05) is 0 Å². The van der Waals surface area contributed by atoms with Crippen molar-refractivity contribution in [3.05, 3.63) is 51.2 Å². The Kier molecular flexibility index (Phi) is 3.46. The van der Waals surface area contributed by atoms with Crippen LogP contribution in [0.15, 0.2) is 39.9 Å². The summed E-state index contributed by atoms with van der Waals surface area (Å²) in [5, 5.41) is 9.86. The summed E-state index contributed by atoms with van der Waals surface area (Å²) in [4.78, 5) is 25.0. The lowest BCUT2D eigenvalue weighted by molar-refractivity contribution is 0.120. The summed E-state index contributed by atoms with van der Waals surface area (Å²) in [7, 11) is 0. The molecule has 1 aromatic carbocycles. The first-order valence-electron chi connectivity index (χ1n) is 5.40. The van der Waals surface area contributed by atoms with Crippen LogP contribution >= 0.6 is 0 Å². The molecule has 2 N–H and O–H groups in total. The van der Waals surface area contributed by atoms with Crippen LogP contribution < -0.4 is 11.2 Å². The van der Waals surface area contributed by atoms with E-state index in [1.54, 1.807) is 18.2 Å². The van der Waals surface area contributed by atoms with Gasteiger partial charge < -0.3 is 5.11 Å². The van der Waals surface area contributed by atoms with Crippen LogP contribution in [-0.2, 0) is 6.54 Å². The molecule has 0 aliphatic rings. The standard InChI is InChI=1S/C12H10F2N2O3/c13-8(14)6-16-11(18)9(10(17)15-12(16)19)7-4-2-1-3-5-7/h1-5,8,18H,6H2,(H,15,17,19). The minimum absolute atomic E-state index is 0.208. The molecule has 0 aliphatic carbocycles. The Balaban J connectivity index is 2.69. The van der Waals surface area contributed by atoms with E-state index in [0.29, 0.717) is 10.1 Å². The summed E-state index contributed by atoms with van der Waals surface area (Å²) >= 11 is 0. The van der Waals surface area contributed by atoms with Gasteiger partial charge in [-0.05, 0) is 5.56 Å². The van der Waals surface area contributed by atoms with Crippen LogP contribution in [0.2, 0.25) is 0 Å². The molecule has 0 spiro atoms. The second-order valence-corrected chi connectivity index (χ2v) is 3.83. The highest BCUT2D eigenvalue weighted by molar-refractivity contribution is 5.67. The molecule has 100 valence electrons. The molecule has 19 heavy (non-hydrogen) atoms. The molecular formula is C12H10F2N2O3. The molecule has 5 nitrogen and oxygen atoms in total. The molecule has 1 aromatic heterocycles. The van der Waals surface area contributed by atoms with Crippen LogP contribution in [0.4, 0.5) is 8.78 Å². The number of aromatic amines is 1. The molecule has 7 heteroatoms. The Morgan fingerprint density at radius 2 is 1.84 bits per heavy atom. The van der Waals surface area contributed by atoms with E-state index in [1.807, 2.05) is 4.98 Å². The Morgan fingerprint density at radius 3 is 2.42 bits per heavy atom. The molecule has 0 aliphatic heterocycles. The van der Waals surface area contributed by atoms with Gasteiger partial charge in [0.05, 0.1) is 6.54 Å². The van der Waals surface area contributed by atoms with E-state index in [1.165, 1.54) is 12.1 Å². The average Bonchev–Trinajstić information content (AvgIpc) is 2.35. The van der Waals surface area contributed by atoms with Crippen molar-refractivity contribution in [1.29, 1.82) is 0 Å². The maximum absolute atomic E-state index is 12.4. The van der Waals surface area contributed by atoms with Gasteiger partial charge in [0.15, 0.2) is 0 Å². The number of rotatable bonds is 3. The minimum atomic E-state index is -2.82. The van der Waals surface area contributed by atoms with E-state index in [4.69, 9.17) is 0 Å². The summed E-state index contributed by atoms with van der Waals surface area (Å²) < 4.78 is 25.1. The van der Waals surface area contributed by atoms with Gasteiger partial charge >= 0.3 is 5.69 Å². The van der Waals surface area contributed by atoms with Crippen molar-refractivity contribution >= 4 is 0 Å². The highest BCUT2D eigenvalue weighted by Crippen LogP contribution is 2.23. The van der Waals surface area contributed by atoms with Crippen molar-refractivity contribution in [2.45, 2.75) is 13.0 Å². The van der Waals surface area contributed by atoms with Crippen molar-refractivity contribution < 1.29 is 13.9 Å². The number of hydrogen-bond donors (Lipinski definition) is 2. The highest BCUT2D eigenvalue weighted by atomic mass is 19.3. The van der Waals surface area contributed by atoms with E-state index >= 15 is 0 Å². The van der Waals surface area contributed by atoms with Crippen LogP contribution in [0, 0.1) is 0 Å². The predicted octanol–water partition coefficient (Wildman–Crippen LogP) is 1.17. The first kappa shape index (κ1) is 13.0. The summed E-state index contributed by atoms with van der Waals surface area (Å²) in [5.41, 5.74) is -1.76. The minimum Gasteiger partial charge on any atom is -0.494 e. The van der Waals surface area contributed by atoms with Gasteiger partial charge in [-0.2, -0.15) is 0 Å². The van der Waals surface area contributed by atoms with Crippen LogP contribution in [0.1, 0.15) is 0 Å². The van der Waals surface area contributed by atoms with Crippen molar-refractivity contribution in [3.8, 4) is 17.0 Å². The Bertz CT molecular complexity index is 692. The van der Waals surface area contributed by atoms with Crippen LogP contribution in [-0.4, -0.2) is 21.1 Å². The van der Waals surface area contributed by atoms with Crippen LogP contribution in [0.5, 0.6) is 5.88 Å². The first-order chi connectivity index (χ1) is 9.00. The fourth-order valence-corrected chi connectivity index (χ4v) is 1.73. The number of benzene rings is 1. The van der Waals surface area contributed by atoms with Crippen molar-refractivity contribution in [1.82, 2.24) is 9.55 Å². The third-order valence-electron chi connectivity index (χ3n) is 2.56. The number of hydrogen-bond acceptors (Lipinski definition) is 3. The SMILES string of the molecule is O=c1[nH]c(=O)n(CC(F)F)c(O)c1-c1ccccc1. The lowest BCUT2D eigenvalue weighted by Gasteiger charge is -2.10. The fraction of sp³-hybridized carbons (Fsp3) is 0.167. The summed E-state index contributed by atoms with van der Waals surface area (Å²) in [6, 6.07) is 8.00. The molecule has 0 fully saturated rings. The first-order valence-corrected chi connectivity index (χ1v) is 5.40. The van der Waals surface area contributed by atoms with Gasteiger partial charge in [0.2, 0.25) is 5.88 Å². The van der Waals surface area contributed by atoms with E-state index in [9.17, 15) is 23.5 Å². The molecule has 0 radical (unpaired) electrons. The van der Waals surface area contributed by atoms with Crippen LogP contribution in [0.25, 0.3) is 11.1 Å². The van der Waals surface area contributed by atoms with Gasteiger partial charge in [-0.1, -0.05) is 30.3 Å². The zero-order valence-electron chi connectivity index (χ0n) is 9.64. The zero-order valence-corrected chi connectivity index (χ0v) is 9.64. The van der Waals surface area contributed by atoms with Gasteiger partial charge in [-0.3, -0.25) is 14.3 Å². The lowest BCUT2D eigenvalue weighted by Crippen LogP contribution is -2.32. The third-order valence-corrected chi connectivity index (χ3v) is 2.56. The number of halogens is 2. The number of alkyl halides is 2. The van der Waals surface area contributed by atoms with Gasteiger partial charge in [0.25, 0.3) is 12.0 Å². The Hall–Kier alpha value is -2.44. The van der Waals surface area contributed by atoms with Crippen molar-refractivity contribution in [2.24, 2.45) is 0 Å². The number of nitrogens with one attached hydrogen (secondary N) is 1. The second-order valence-electron chi connectivity index (χ2n) is 3.83. The van der Waals surface area contributed by atoms with Gasteiger partial charge in [-0.15, -0.1) is 0 Å². The summed E-state index contributed by atoms with van der Waals surface area (Å²) in [5.74, 6) is -0.764. The van der Waals surface area contributed by atoms with Crippen LogP contribution in [0.3, 0.4) is 0 Å². The number of H-pyrrole nitrogens is 1.